The van der Waals surface area contributed by atoms with Crippen LogP contribution < -0.4 is 4.74 Å². The Balaban J connectivity index is 2.20. The molecular weight excluding hydrogens is 218 g/mol. The van der Waals surface area contributed by atoms with E-state index in [-0.39, 0.29) is 5.69 Å². The third-order valence-electron chi connectivity index (χ3n) is 2.10. The first kappa shape index (κ1) is 11.1. The summed E-state index contributed by atoms with van der Waals surface area (Å²) >= 11 is 0. The molecule has 2 rings (SSSR count). The smallest absolute Gasteiger partial charge is 0.356 e. The molecule has 0 unspecified atom stereocenters. The monoisotopic (exact) mass is 229 g/mol. The number of para-hydroxylation sites is 1. The molecule has 0 N–H and O–H groups in total. The van der Waals surface area contributed by atoms with Crippen molar-refractivity contribution in [3.05, 3.63) is 54.4 Å². The second kappa shape index (κ2) is 5.12. The fourth-order valence-electron chi connectivity index (χ4n) is 1.32. The zero-order valence-corrected chi connectivity index (χ0v) is 9.29. The van der Waals surface area contributed by atoms with Crippen molar-refractivity contribution in [2.75, 3.05) is 7.11 Å². The molecule has 0 radical (unpaired) electrons. The molecule has 17 heavy (non-hydrogen) atoms. The lowest BCUT2D eigenvalue weighted by Crippen LogP contribution is -2.03. The number of benzene rings is 1. The van der Waals surface area contributed by atoms with Gasteiger partial charge in [0.05, 0.1) is 7.11 Å². The summed E-state index contributed by atoms with van der Waals surface area (Å²) in [6, 6.07) is 12.5. The van der Waals surface area contributed by atoms with Crippen molar-refractivity contribution in [2.24, 2.45) is 0 Å². The van der Waals surface area contributed by atoms with Gasteiger partial charge >= 0.3 is 5.97 Å². The van der Waals surface area contributed by atoms with Gasteiger partial charge in [0.2, 0.25) is 0 Å². The van der Waals surface area contributed by atoms with E-state index in [9.17, 15) is 4.79 Å². The van der Waals surface area contributed by atoms with Crippen LogP contribution in [0.3, 0.4) is 0 Å². The Bertz CT molecular complexity index is 511. The van der Waals surface area contributed by atoms with Crippen molar-refractivity contribution in [3.63, 3.8) is 0 Å². The second-order valence-electron chi connectivity index (χ2n) is 3.28. The van der Waals surface area contributed by atoms with E-state index in [1.807, 2.05) is 30.3 Å². The van der Waals surface area contributed by atoms with E-state index in [2.05, 4.69) is 9.72 Å². The Kier molecular flexibility index (Phi) is 3.35. The van der Waals surface area contributed by atoms with Crippen LogP contribution in [-0.2, 0) is 4.74 Å². The number of rotatable bonds is 3. The van der Waals surface area contributed by atoms with Crippen LogP contribution in [0, 0.1) is 0 Å². The molecule has 0 saturated carbocycles. The summed E-state index contributed by atoms with van der Waals surface area (Å²) in [6.45, 7) is 0. The zero-order chi connectivity index (χ0) is 12.1. The molecule has 1 aromatic carbocycles. The first-order chi connectivity index (χ1) is 8.29. The molecule has 86 valence electrons. The standard InChI is InChI=1S/C13H11NO3/c1-16-13(15)12-9-11(7-8-14-12)17-10-5-3-2-4-6-10/h2-9H,1H3. The van der Waals surface area contributed by atoms with Crippen molar-refractivity contribution >= 4 is 5.97 Å². The molecule has 4 nitrogen and oxygen atoms in total. The maximum absolute atomic E-state index is 11.3. The van der Waals surface area contributed by atoms with Crippen LogP contribution in [0.1, 0.15) is 10.5 Å². The highest BCUT2D eigenvalue weighted by Crippen LogP contribution is 2.20. The van der Waals surface area contributed by atoms with E-state index in [4.69, 9.17) is 4.74 Å². The Morgan fingerprint density at radius 2 is 1.88 bits per heavy atom. The van der Waals surface area contributed by atoms with Gasteiger partial charge < -0.3 is 9.47 Å². The lowest BCUT2D eigenvalue weighted by Gasteiger charge is -2.05. The van der Waals surface area contributed by atoms with E-state index in [0.29, 0.717) is 11.5 Å². The predicted molar refractivity (Wildman–Crippen MR) is 62.1 cm³/mol. The van der Waals surface area contributed by atoms with Gasteiger partial charge in [-0.3, -0.25) is 0 Å². The van der Waals surface area contributed by atoms with Crippen LogP contribution >= 0.6 is 0 Å². The predicted octanol–water partition coefficient (Wildman–Crippen LogP) is 2.66. The van der Waals surface area contributed by atoms with Gasteiger partial charge in [0.25, 0.3) is 0 Å². The normalized spacial score (nSPS) is 9.71. The number of esters is 1. The lowest BCUT2D eigenvalue weighted by molar-refractivity contribution is 0.0593. The minimum absolute atomic E-state index is 0.223. The molecule has 0 aliphatic heterocycles. The second-order valence-corrected chi connectivity index (χ2v) is 3.28. The van der Waals surface area contributed by atoms with Crippen molar-refractivity contribution in [1.82, 2.24) is 4.98 Å². The molecular formula is C13H11NO3. The third kappa shape index (κ3) is 2.81. The van der Waals surface area contributed by atoms with E-state index < -0.39 is 5.97 Å². The van der Waals surface area contributed by atoms with E-state index in [1.54, 1.807) is 12.1 Å². The van der Waals surface area contributed by atoms with E-state index in [0.717, 1.165) is 0 Å². The van der Waals surface area contributed by atoms with Crippen LogP contribution in [0.15, 0.2) is 48.7 Å². The molecule has 0 aliphatic carbocycles. The molecule has 2 aromatic rings. The number of aromatic nitrogens is 1. The lowest BCUT2D eigenvalue weighted by atomic mass is 10.3. The van der Waals surface area contributed by atoms with Crippen LogP contribution in [0.25, 0.3) is 0 Å². The molecule has 0 fully saturated rings. The quantitative estimate of drug-likeness (QED) is 0.759. The molecule has 0 atom stereocenters. The number of ether oxygens (including phenoxy) is 2. The molecule has 4 heteroatoms. The largest absolute Gasteiger partial charge is 0.464 e. The maximum Gasteiger partial charge on any atom is 0.356 e. The van der Waals surface area contributed by atoms with Gasteiger partial charge in [0.1, 0.15) is 11.5 Å². The Hall–Kier alpha value is -2.36. The third-order valence-corrected chi connectivity index (χ3v) is 2.10. The van der Waals surface area contributed by atoms with E-state index in [1.165, 1.54) is 13.3 Å². The number of carbonyl (C=O) groups is 1. The van der Waals surface area contributed by atoms with Crippen LogP contribution in [-0.4, -0.2) is 18.1 Å². The number of nitrogens with zero attached hydrogens (tertiary/aromatic N) is 1. The minimum Gasteiger partial charge on any atom is -0.464 e. The van der Waals surface area contributed by atoms with Gasteiger partial charge in [-0.05, 0) is 18.2 Å². The summed E-state index contributed by atoms with van der Waals surface area (Å²) in [5, 5.41) is 0. The van der Waals surface area contributed by atoms with Crippen LogP contribution in [0.5, 0.6) is 11.5 Å². The van der Waals surface area contributed by atoms with Gasteiger partial charge in [-0.15, -0.1) is 0 Å². The van der Waals surface area contributed by atoms with Gasteiger partial charge in [0.15, 0.2) is 5.69 Å². The minimum atomic E-state index is -0.483. The fourth-order valence-corrected chi connectivity index (χ4v) is 1.32. The van der Waals surface area contributed by atoms with Crippen molar-refractivity contribution in [3.8, 4) is 11.5 Å². The SMILES string of the molecule is COC(=O)c1cc(Oc2ccccc2)ccn1. The number of methoxy groups -OCH3 is 1. The summed E-state index contributed by atoms with van der Waals surface area (Å²) in [6.07, 6.45) is 1.50. The first-order valence-electron chi connectivity index (χ1n) is 5.07. The van der Waals surface area contributed by atoms with Gasteiger partial charge in [-0.1, -0.05) is 18.2 Å². The van der Waals surface area contributed by atoms with Gasteiger partial charge in [0, 0.05) is 12.3 Å². The molecule has 1 heterocycles. The number of hydrogen-bond donors (Lipinski definition) is 0. The van der Waals surface area contributed by atoms with Crippen LogP contribution in [0.2, 0.25) is 0 Å². The summed E-state index contributed by atoms with van der Waals surface area (Å²) in [5.74, 6) is 0.768. The summed E-state index contributed by atoms with van der Waals surface area (Å²) in [7, 11) is 1.31. The Morgan fingerprint density at radius 1 is 1.12 bits per heavy atom. The fraction of sp³-hybridized carbons (Fsp3) is 0.0769. The summed E-state index contributed by atoms with van der Waals surface area (Å²) < 4.78 is 10.2. The number of pyridine rings is 1. The summed E-state index contributed by atoms with van der Waals surface area (Å²) in [5.41, 5.74) is 0.223. The van der Waals surface area contributed by atoms with Crippen LogP contribution in [0.4, 0.5) is 0 Å². The zero-order valence-electron chi connectivity index (χ0n) is 9.29. The number of hydrogen-bond acceptors (Lipinski definition) is 4. The molecule has 0 saturated heterocycles. The average molecular weight is 229 g/mol. The van der Waals surface area contributed by atoms with Crippen molar-refractivity contribution in [1.29, 1.82) is 0 Å². The average Bonchev–Trinajstić information content (AvgIpc) is 2.39. The van der Waals surface area contributed by atoms with E-state index >= 15 is 0 Å². The first-order valence-corrected chi connectivity index (χ1v) is 5.07. The molecule has 0 aliphatic rings. The number of carbonyl (C=O) groups excluding carboxylic acids is 1. The Morgan fingerprint density at radius 3 is 2.59 bits per heavy atom. The van der Waals surface area contributed by atoms with Gasteiger partial charge in [-0.2, -0.15) is 0 Å². The maximum atomic E-state index is 11.3. The topological polar surface area (TPSA) is 48.4 Å². The van der Waals surface area contributed by atoms with Crippen molar-refractivity contribution < 1.29 is 14.3 Å². The highest BCUT2D eigenvalue weighted by Gasteiger charge is 2.08. The molecule has 0 amide bonds. The molecule has 1 aromatic heterocycles. The van der Waals surface area contributed by atoms with Crippen molar-refractivity contribution in [2.45, 2.75) is 0 Å². The highest BCUT2D eigenvalue weighted by atomic mass is 16.5. The molecule has 0 spiro atoms. The van der Waals surface area contributed by atoms with Gasteiger partial charge in [-0.25, -0.2) is 9.78 Å². The highest BCUT2D eigenvalue weighted by molar-refractivity contribution is 5.87. The summed E-state index contributed by atoms with van der Waals surface area (Å²) in [4.78, 5) is 15.2. The Labute approximate surface area is 98.8 Å². The molecule has 0 bridgehead atoms.